The van der Waals surface area contributed by atoms with Crippen LogP contribution >= 0.6 is 0 Å². The van der Waals surface area contributed by atoms with Crippen molar-refractivity contribution < 1.29 is 24.1 Å². The predicted octanol–water partition coefficient (Wildman–Crippen LogP) is 0.689. The van der Waals surface area contributed by atoms with Crippen LogP contribution in [0, 0.1) is 0 Å². The Morgan fingerprint density at radius 3 is 2.72 bits per heavy atom. The average molecular weight is 253 g/mol. The molecule has 1 heterocycles. The number of fused-ring (bicyclic) bond motifs is 1. The number of aliphatic carboxylic acids is 1. The molecule has 6 nitrogen and oxygen atoms in total. The van der Waals surface area contributed by atoms with Gasteiger partial charge in [0.2, 0.25) is 6.79 Å². The Kier molecular flexibility index (Phi) is 3.69. The smallest absolute Gasteiger partial charge is 0.312 e. The summed E-state index contributed by atoms with van der Waals surface area (Å²) in [6.07, 6.45) is 0. The summed E-state index contributed by atoms with van der Waals surface area (Å²) in [6, 6.07) is 3.41. The van der Waals surface area contributed by atoms with E-state index in [1.807, 2.05) is 0 Å². The lowest BCUT2D eigenvalue weighted by atomic mass is 9.94. The minimum Gasteiger partial charge on any atom is -0.481 e. The van der Waals surface area contributed by atoms with Crippen LogP contribution in [0.2, 0.25) is 0 Å². The maximum absolute atomic E-state index is 11.2. The van der Waals surface area contributed by atoms with E-state index in [0.717, 1.165) is 5.56 Å². The summed E-state index contributed by atoms with van der Waals surface area (Å²) >= 11 is 0. The third-order valence-corrected chi connectivity index (χ3v) is 2.84. The molecule has 0 radical (unpaired) electrons. The molecular formula is C12H15NO5. The van der Waals surface area contributed by atoms with Crippen molar-refractivity contribution in [1.82, 2.24) is 0 Å². The van der Waals surface area contributed by atoms with Crippen LogP contribution < -0.4 is 15.2 Å². The Morgan fingerprint density at radius 2 is 2.17 bits per heavy atom. The highest BCUT2D eigenvalue weighted by Crippen LogP contribution is 2.37. The maximum Gasteiger partial charge on any atom is 0.312 e. The van der Waals surface area contributed by atoms with Crippen molar-refractivity contribution in [3.8, 4) is 11.5 Å². The Balaban J connectivity index is 2.46. The molecular weight excluding hydrogens is 238 g/mol. The normalized spacial score (nSPS) is 14.6. The number of hydrogen-bond donors (Lipinski definition) is 2. The zero-order valence-corrected chi connectivity index (χ0v) is 10.0. The van der Waals surface area contributed by atoms with Crippen molar-refractivity contribution in [2.75, 3.05) is 20.4 Å². The van der Waals surface area contributed by atoms with E-state index in [1.165, 1.54) is 0 Å². The van der Waals surface area contributed by atoms with E-state index < -0.39 is 11.9 Å². The van der Waals surface area contributed by atoms with Crippen LogP contribution in [0.5, 0.6) is 11.5 Å². The molecule has 0 amide bonds. The summed E-state index contributed by atoms with van der Waals surface area (Å²) in [5.74, 6) is -0.588. The number of ether oxygens (including phenoxy) is 3. The van der Waals surface area contributed by atoms with Gasteiger partial charge >= 0.3 is 5.97 Å². The van der Waals surface area contributed by atoms with E-state index in [-0.39, 0.29) is 13.3 Å². The van der Waals surface area contributed by atoms with Gasteiger partial charge in [-0.2, -0.15) is 0 Å². The fraction of sp³-hybridized carbons (Fsp3) is 0.417. The Morgan fingerprint density at radius 1 is 1.50 bits per heavy atom. The van der Waals surface area contributed by atoms with Gasteiger partial charge in [-0.25, -0.2) is 0 Å². The number of methoxy groups -OCH3 is 1. The molecule has 2 rings (SSSR count). The number of carboxylic acids is 1. The monoisotopic (exact) mass is 253 g/mol. The van der Waals surface area contributed by atoms with Crippen LogP contribution in [0.25, 0.3) is 0 Å². The molecule has 0 saturated carbocycles. The molecule has 1 aromatic carbocycles. The minimum atomic E-state index is -0.964. The summed E-state index contributed by atoms with van der Waals surface area (Å²) in [4.78, 5) is 11.2. The zero-order valence-electron chi connectivity index (χ0n) is 10.0. The van der Waals surface area contributed by atoms with E-state index >= 15 is 0 Å². The first-order valence-electron chi connectivity index (χ1n) is 5.51. The first-order chi connectivity index (χ1) is 8.67. The molecule has 0 spiro atoms. The lowest BCUT2D eigenvalue weighted by Gasteiger charge is -2.15. The van der Waals surface area contributed by atoms with Gasteiger partial charge in [-0.15, -0.1) is 0 Å². The van der Waals surface area contributed by atoms with Gasteiger partial charge in [0.25, 0.3) is 0 Å². The molecule has 0 aromatic heterocycles. The summed E-state index contributed by atoms with van der Waals surface area (Å²) in [5.41, 5.74) is 6.88. The van der Waals surface area contributed by atoms with Crippen LogP contribution in [0.3, 0.4) is 0 Å². The van der Waals surface area contributed by atoms with Crippen molar-refractivity contribution in [3.05, 3.63) is 23.3 Å². The van der Waals surface area contributed by atoms with Crippen LogP contribution in [-0.2, 0) is 16.1 Å². The summed E-state index contributed by atoms with van der Waals surface area (Å²) in [5, 5.41) is 9.17. The van der Waals surface area contributed by atoms with E-state index in [2.05, 4.69) is 0 Å². The Bertz CT molecular complexity index is 460. The summed E-state index contributed by atoms with van der Waals surface area (Å²) < 4.78 is 15.6. The average Bonchev–Trinajstić information content (AvgIpc) is 2.77. The van der Waals surface area contributed by atoms with Crippen molar-refractivity contribution in [1.29, 1.82) is 0 Å². The number of carbonyl (C=O) groups is 1. The molecule has 3 N–H and O–H groups in total. The molecule has 18 heavy (non-hydrogen) atoms. The molecule has 0 fully saturated rings. The fourth-order valence-electron chi connectivity index (χ4n) is 1.97. The van der Waals surface area contributed by atoms with Gasteiger partial charge in [-0.3, -0.25) is 4.79 Å². The first kappa shape index (κ1) is 12.7. The SMILES string of the molecule is COCc1cc2c(cc1C(CN)C(=O)O)OCO2. The lowest BCUT2D eigenvalue weighted by molar-refractivity contribution is -0.138. The van der Waals surface area contributed by atoms with Crippen LogP contribution in [0.4, 0.5) is 0 Å². The molecule has 0 bridgehead atoms. The molecule has 6 heteroatoms. The molecule has 0 saturated heterocycles. The van der Waals surface area contributed by atoms with E-state index in [0.29, 0.717) is 23.7 Å². The molecule has 1 aliphatic heterocycles. The van der Waals surface area contributed by atoms with Crippen molar-refractivity contribution in [3.63, 3.8) is 0 Å². The molecule has 98 valence electrons. The van der Waals surface area contributed by atoms with Gasteiger partial charge in [-0.1, -0.05) is 0 Å². The van der Waals surface area contributed by atoms with Gasteiger partial charge in [0.1, 0.15) is 0 Å². The lowest BCUT2D eigenvalue weighted by Crippen LogP contribution is -2.22. The number of nitrogens with two attached hydrogens (primary N) is 1. The number of hydrogen-bond acceptors (Lipinski definition) is 5. The second-order valence-corrected chi connectivity index (χ2v) is 3.96. The third kappa shape index (κ3) is 2.25. The van der Waals surface area contributed by atoms with Crippen molar-refractivity contribution in [2.24, 2.45) is 5.73 Å². The highest BCUT2D eigenvalue weighted by molar-refractivity contribution is 5.77. The number of rotatable bonds is 5. The second-order valence-electron chi connectivity index (χ2n) is 3.96. The largest absolute Gasteiger partial charge is 0.481 e. The van der Waals surface area contributed by atoms with Gasteiger partial charge in [0.05, 0.1) is 12.5 Å². The number of benzene rings is 1. The van der Waals surface area contributed by atoms with E-state index in [9.17, 15) is 9.90 Å². The quantitative estimate of drug-likeness (QED) is 0.802. The predicted molar refractivity (Wildman–Crippen MR) is 62.7 cm³/mol. The maximum atomic E-state index is 11.2. The third-order valence-electron chi connectivity index (χ3n) is 2.84. The summed E-state index contributed by atoms with van der Waals surface area (Å²) in [6.45, 7) is 0.465. The van der Waals surface area contributed by atoms with Gasteiger partial charge in [0.15, 0.2) is 11.5 Å². The highest BCUT2D eigenvalue weighted by Gasteiger charge is 2.25. The summed E-state index contributed by atoms with van der Waals surface area (Å²) in [7, 11) is 1.55. The fourth-order valence-corrected chi connectivity index (χ4v) is 1.97. The first-order valence-corrected chi connectivity index (χ1v) is 5.51. The topological polar surface area (TPSA) is 91.0 Å². The molecule has 0 aliphatic carbocycles. The van der Waals surface area contributed by atoms with Crippen molar-refractivity contribution >= 4 is 5.97 Å². The van der Waals surface area contributed by atoms with Gasteiger partial charge in [-0.05, 0) is 23.3 Å². The molecule has 1 aromatic rings. The van der Waals surface area contributed by atoms with Crippen LogP contribution in [0.15, 0.2) is 12.1 Å². The van der Waals surface area contributed by atoms with Crippen LogP contribution in [0.1, 0.15) is 17.0 Å². The molecule has 1 aliphatic rings. The standard InChI is InChI=1S/C12H15NO5/c1-16-5-7-2-10-11(18-6-17-10)3-8(7)9(4-13)12(14)15/h2-3,9H,4-6,13H2,1H3,(H,14,15). The van der Waals surface area contributed by atoms with Crippen molar-refractivity contribution in [2.45, 2.75) is 12.5 Å². The highest BCUT2D eigenvalue weighted by atomic mass is 16.7. The molecule has 1 unspecified atom stereocenters. The Hall–Kier alpha value is -1.79. The van der Waals surface area contributed by atoms with Gasteiger partial charge < -0.3 is 25.1 Å². The zero-order chi connectivity index (χ0) is 13.1. The second kappa shape index (κ2) is 5.24. The molecule has 1 atom stereocenters. The number of carboxylic acid groups (broad SMARTS) is 1. The van der Waals surface area contributed by atoms with E-state index in [4.69, 9.17) is 19.9 Å². The minimum absolute atomic E-state index is 0.0195. The Labute approximate surface area is 104 Å². The van der Waals surface area contributed by atoms with Gasteiger partial charge in [0, 0.05) is 13.7 Å². The van der Waals surface area contributed by atoms with E-state index in [1.54, 1.807) is 19.2 Å². The van der Waals surface area contributed by atoms with Crippen LogP contribution in [-0.4, -0.2) is 31.5 Å².